The predicted molar refractivity (Wildman–Crippen MR) is 113 cm³/mol. The minimum absolute atomic E-state index is 0.125. The van der Waals surface area contributed by atoms with E-state index in [-0.39, 0.29) is 16.5 Å². The zero-order chi connectivity index (χ0) is 21.2. The molecule has 2 aromatic rings. The van der Waals surface area contributed by atoms with Gasteiger partial charge in [-0.3, -0.25) is 4.79 Å². The molecule has 29 heavy (non-hydrogen) atoms. The van der Waals surface area contributed by atoms with Crippen molar-refractivity contribution in [2.75, 3.05) is 19.8 Å². The summed E-state index contributed by atoms with van der Waals surface area (Å²) in [4.78, 5) is 12.4. The molecule has 0 aromatic heterocycles. The van der Waals surface area contributed by atoms with Crippen LogP contribution in [0.15, 0.2) is 48.1 Å². The maximum absolute atomic E-state index is 12.4. The molecule has 2 rings (SSSR count). The average molecular weight is 419 g/mol. The van der Waals surface area contributed by atoms with Gasteiger partial charge in [-0.05, 0) is 49.7 Å². The number of carbonyl (C=O) groups is 1. The number of rotatable bonds is 10. The summed E-state index contributed by atoms with van der Waals surface area (Å²) in [5.74, 6) is 0.653. The van der Waals surface area contributed by atoms with Gasteiger partial charge < -0.3 is 19.3 Å². The van der Waals surface area contributed by atoms with Gasteiger partial charge in [0.1, 0.15) is 6.61 Å². The average Bonchev–Trinajstić information content (AvgIpc) is 2.71. The van der Waals surface area contributed by atoms with Gasteiger partial charge in [-0.25, -0.2) is 5.43 Å². The number of phenolic OH excluding ortho intramolecular Hbond substituents is 1. The fourth-order valence-electron chi connectivity index (χ4n) is 2.35. The van der Waals surface area contributed by atoms with Crippen LogP contribution in [0.4, 0.5) is 0 Å². The van der Waals surface area contributed by atoms with Crippen LogP contribution in [0.2, 0.25) is 5.02 Å². The van der Waals surface area contributed by atoms with E-state index < -0.39 is 5.91 Å². The lowest BCUT2D eigenvalue weighted by molar-refractivity contribution is 0.0954. The predicted octanol–water partition coefficient (Wildman–Crippen LogP) is 4.17. The first kappa shape index (κ1) is 22.1. The van der Waals surface area contributed by atoms with Gasteiger partial charge >= 0.3 is 0 Å². The number of nitrogens with zero attached hydrogens (tertiary/aromatic N) is 1. The van der Waals surface area contributed by atoms with E-state index in [1.54, 1.807) is 37.3 Å². The Kier molecular flexibility index (Phi) is 8.36. The molecule has 1 amide bonds. The number of nitrogens with one attached hydrogen (secondary N) is 1. The van der Waals surface area contributed by atoms with Crippen molar-refractivity contribution in [3.05, 3.63) is 59.1 Å². The molecule has 0 atom stereocenters. The van der Waals surface area contributed by atoms with E-state index in [1.807, 2.05) is 6.92 Å². The third kappa shape index (κ3) is 6.15. The maximum atomic E-state index is 12.4. The topological polar surface area (TPSA) is 89.4 Å². The summed E-state index contributed by atoms with van der Waals surface area (Å²) in [5.41, 5.74) is 3.35. The minimum Gasteiger partial charge on any atom is -0.503 e. The van der Waals surface area contributed by atoms with Crippen molar-refractivity contribution in [2.45, 2.75) is 13.8 Å². The fourth-order valence-corrected chi connectivity index (χ4v) is 2.57. The number of benzene rings is 2. The molecule has 154 valence electrons. The summed E-state index contributed by atoms with van der Waals surface area (Å²) in [5, 5.41) is 13.9. The van der Waals surface area contributed by atoms with Gasteiger partial charge in [-0.1, -0.05) is 24.3 Å². The van der Waals surface area contributed by atoms with Crippen molar-refractivity contribution < 1.29 is 24.1 Å². The van der Waals surface area contributed by atoms with E-state index in [2.05, 4.69) is 17.1 Å². The van der Waals surface area contributed by atoms with Crippen molar-refractivity contribution in [1.82, 2.24) is 5.43 Å². The monoisotopic (exact) mass is 418 g/mol. The van der Waals surface area contributed by atoms with E-state index in [9.17, 15) is 9.90 Å². The van der Waals surface area contributed by atoms with Crippen LogP contribution in [0.1, 0.15) is 29.8 Å². The van der Waals surface area contributed by atoms with Crippen LogP contribution in [-0.4, -0.2) is 37.0 Å². The Bertz CT molecular complexity index is 899. The Morgan fingerprint density at radius 2 is 1.86 bits per heavy atom. The quantitative estimate of drug-likeness (QED) is 0.343. The second-order valence-corrected chi connectivity index (χ2v) is 6.08. The highest BCUT2D eigenvalue weighted by Gasteiger charge is 2.12. The third-order valence-electron chi connectivity index (χ3n) is 3.59. The van der Waals surface area contributed by atoms with Crippen LogP contribution >= 0.6 is 11.6 Å². The lowest BCUT2D eigenvalue weighted by atomic mass is 10.2. The summed E-state index contributed by atoms with van der Waals surface area (Å²) < 4.78 is 16.4. The van der Waals surface area contributed by atoms with Crippen LogP contribution in [0.3, 0.4) is 0 Å². The first-order valence-electron chi connectivity index (χ1n) is 8.99. The lowest BCUT2D eigenvalue weighted by Gasteiger charge is -2.12. The number of hydrazone groups is 1. The first-order valence-corrected chi connectivity index (χ1v) is 9.37. The Morgan fingerprint density at radius 1 is 1.14 bits per heavy atom. The van der Waals surface area contributed by atoms with Gasteiger partial charge in [0.05, 0.1) is 24.5 Å². The summed E-state index contributed by atoms with van der Waals surface area (Å²) in [6.07, 6.45) is 3.02. The van der Waals surface area contributed by atoms with Crippen molar-refractivity contribution >= 4 is 23.7 Å². The SMILES string of the molecule is C=CCOc1ccc(C(=O)N/N=C/c2cc(Cl)c(O)c(OCC)c2)cc1OCC. The van der Waals surface area contributed by atoms with Gasteiger partial charge in [-0.2, -0.15) is 5.10 Å². The van der Waals surface area contributed by atoms with Crippen LogP contribution in [0.25, 0.3) is 0 Å². The van der Waals surface area contributed by atoms with Gasteiger partial charge in [0.2, 0.25) is 0 Å². The van der Waals surface area contributed by atoms with E-state index >= 15 is 0 Å². The zero-order valence-electron chi connectivity index (χ0n) is 16.3. The molecular formula is C21H23ClN2O5. The zero-order valence-corrected chi connectivity index (χ0v) is 17.0. The largest absolute Gasteiger partial charge is 0.503 e. The summed E-state index contributed by atoms with van der Waals surface area (Å²) in [6, 6.07) is 7.92. The number of hydrogen-bond acceptors (Lipinski definition) is 6. The van der Waals surface area contributed by atoms with Crippen LogP contribution in [0, 0.1) is 0 Å². The molecule has 0 spiro atoms. The maximum Gasteiger partial charge on any atom is 0.271 e. The number of amides is 1. The Balaban J connectivity index is 2.12. The van der Waals surface area contributed by atoms with Crippen LogP contribution in [-0.2, 0) is 0 Å². The normalized spacial score (nSPS) is 10.6. The van der Waals surface area contributed by atoms with Crippen molar-refractivity contribution in [1.29, 1.82) is 0 Å². The molecule has 7 nitrogen and oxygen atoms in total. The van der Waals surface area contributed by atoms with Crippen molar-refractivity contribution in [2.24, 2.45) is 5.10 Å². The van der Waals surface area contributed by atoms with Crippen LogP contribution < -0.4 is 19.6 Å². The standard InChI is InChI=1S/C21H23ClN2O5/c1-4-9-29-17-8-7-15(12-18(17)27-5-2)21(26)24-23-13-14-10-16(22)20(25)19(11-14)28-6-3/h4,7-8,10-13,25H,1,5-6,9H2,2-3H3,(H,24,26)/b23-13+. The number of ether oxygens (including phenoxy) is 3. The van der Waals surface area contributed by atoms with E-state index in [4.69, 9.17) is 25.8 Å². The van der Waals surface area contributed by atoms with E-state index in [0.717, 1.165) is 0 Å². The second-order valence-electron chi connectivity index (χ2n) is 5.68. The molecule has 0 radical (unpaired) electrons. The minimum atomic E-state index is -0.424. The number of phenols is 1. The molecule has 2 aromatic carbocycles. The molecule has 0 saturated heterocycles. The van der Waals surface area contributed by atoms with Gasteiger partial charge in [0.25, 0.3) is 5.91 Å². The van der Waals surface area contributed by atoms with Crippen molar-refractivity contribution in [3.8, 4) is 23.0 Å². The van der Waals surface area contributed by atoms with Crippen LogP contribution in [0.5, 0.6) is 23.0 Å². The molecule has 0 bridgehead atoms. The summed E-state index contributed by atoms with van der Waals surface area (Å²) in [6.45, 7) is 8.36. The Morgan fingerprint density at radius 3 is 2.55 bits per heavy atom. The highest BCUT2D eigenvalue weighted by molar-refractivity contribution is 6.32. The summed E-state index contributed by atoms with van der Waals surface area (Å²) >= 11 is 5.98. The third-order valence-corrected chi connectivity index (χ3v) is 3.88. The number of carbonyl (C=O) groups excluding carboxylic acids is 1. The molecular weight excluding hydrogens is 396 g/mol. The summed E-state index contributed by atoms with van der Waals surface area (Å²) in [7, 11) is 0. The van der Waals surface area contributed by atoms with Gasteiger partial charge in [-0.15, -0.1) is 0 Å². The molecule has 0 fully saturated rings. The highest BCUT2D eigenvalue weighted by atomic mass is 35.5. The molecule has 0 heterocycles. The lowest BCUT2D eigenvalue weighted by Crippen LogP contribution is -2.17. The van der Waals surface area contributed by atoms with E-state index in [0.29, 0.717) is 42.4 Å². The molecule has 0 aliphatic rings. The highest BCUT2D eigenvalue weighted by Crippen LogP contribution is 2.34. The van der Waals surface area contributed by atoms with Crippen molar-refractivity contribution in [3.63, 3.8) is 0 Å². The van der Waals surface area contributed by atoms with Gasteiger partial charge in [0.15, 0.2) is 23.0 Å². The molecule has 0 unspecified atom stereocenters. The smallest absolute Gasteiger partial charge is 0.271 e. The second kappa shape index (κ2) is 11.0. The first-order chi connectivity index (χ1) is 14.0. The molecule has 0 saturated carbocycles. The number of aromatic hydroxyl groups is 1. The molecule has 8 heteroatoms. The van der Waals surface area contributed by atoms with Gasteiger partial charge in [0, 0.05) is 5.56 Å². The number of halogens is 1. The Labute approximate surface area is 174 Å². The Hall–Kier alpha value is -3.19. The van der Waals surface area contributed by atoms with E-state index in [1.165, 1.54) is 12.3 Å². The molecule has 0 aliphatic carbocycles. The fraction of sp³-hybridized carbons (Fsp3) is 0.238. The number of hydrogen-bond donors (Lipinski definition) is 2. The molecule has 2 N–H and O–H groups in total. The molecule has 0 aliphatic heterocycles.